The highest BCUT2D eigenvalue weighted by molar-refractivity contribution is 7.84. The highest BCUT2D eigenvalue weighted by Gasteiger charge is 2.37. The Balaban J connectivity index is 4.38. The highest BCUT2D eigenvalue weighted by Crippen LogP contribution is 2.36. The summed E-state index contributed by atoms with van der Waals surface area (Å²) in [6, 6.07) is -0.506. The summed E-state index contributed by atoms with van der Waals surface area (Å²) in [4.78, 5) is 0. The largest absolute Gasteiger partial charge is 0.414 e. The SMILES string of the molecule is CC(C)(C)[S@@](=O)N[C@H](CCOCCO[Si](C)(C)C(C)(C)C)CCC(F)(F)F. The second-order valence-corrected chi connectivity index (χ2v) is 16.2. The second kappa shape index (κ2) is 10.7. The minimum atomic E-state index is -4.22. The molecular weight excluding hydrogens is 395 g/mol. The topological polar surface area (TPSA) is 47.6 Å². The van der Waals surface area contributed by atoms with E-state index in [9.17, 15) is 17.4 Å². The van der Waals surface area contributed by atoms with Crippen molar-refractivity contribution in [3.63, 3.8) is 0 Å². The van der Waals surface area contributed by atoms with Crippen LogP contribution in [0.15, 0.2) is 0 Å². The molecule has 0 amide bonds. The number of ether oxygens (including phenoxy) is 1. The zero-order chi connectivity index (χ0) is 21.5. The Labute approximate surface area is 166 Å². The lowest BCUT2D eigenvalue weighted by atomic mass is 10.1. The van der Waals surface area contributed by atoms with Crippen LogP contribution in [0.25, 0.3) is 0 Å². The first-order valence-electron chi connectivity index (χ1n) is 9.42. The maximum atomic E-state index is 12.5. The van der Waals surface area contributed by atoms with E-state index >= 15 is 0 Å². The van der Waals surface area contributed by atoms with E-state index in [1.807, 2.05) is 0 Å². The second-order valence-electron chi connectivity index (χ2n) is 9.36. The van der Waals surface area contributed by atoms with Gasteiger partial charge < -0.3 is 9.16 Å². The van der Waals surface area contributed by atoms with Gasteiger partial charge in [0.05, 0.1) is 28.9 Å². The Bertz CT molecular complexity index is 460. The summed E-state index contributed by atoms with van der Waals surface area (Å²) in [5.74, 6) is 0. The molecule has 27 heavy (non-hydrogen) atoms. The predicted octanol–water partition coefficient (Wildman–Crippen LogP) is 5.18. The van der Waals surface area contributed by atoms with E-state index in [-0.39, 0.29) is 11.5 Å². The number of halogens is 3. The maximum absolute atomic E-state index is 12.5. The molecule has 0 saturated carbocycles. The number of nitrogens with one attached hydrogen (secondary N) is 1. The molecule has 9 heteroatoms. The van der Waals surface area contributed by atoms with Crippen LogP contribution in [0.3, 0.4) is 0 Å². The van der Waals surface area contributed by atoms with Crippen molar-refractivity contribution in [3.05, 3.63) is 0 Å². The van der Waals surface area contributed by atoms with Crippen LogP contribution in [0.2, 0.25) is 18.1 Å². The van der Waals surface area contributed by atoms with Crippen molar-refractivity contribution in [3.8, 4) is 0 Å². The Morgan fingerprint density at radius 1 is 0.963 bits per heavy atom. The molecule has 0 unspecified atom stereocenters. The van der Waals surface area contributed by atoms with Gasteiger partial charge in [-0.1, -0.05) is 20.8 Å². The minimum absolute atomic E-state index is 0.116. The van der Waals surface area contributed by atoms with Gasteiger partial charge in [0.1, 0.15) is 0 Å². The fourth-order valence-corrected chi connectivity index (χ4v) is 3.75. The zero-order valence-corrected chi connectivity index (χ0v) is 19.9. The summed E-state index contributed by atoms with van der Waals surface area (Å²) in [6.07, 6.45) is -4.87. The van der Waals surface area contributed by atoms with E-state index in [1.165, 1.54) is 0 Å². The van der Waals surface area contributed by atoms with Gasteiger partial charge in [-0.2, -0.15) is 13.2 Å². The van der Waals surface area contributed by atoms with Crippen molar-refractivity contribution in [1.82, 2.24) is 4.72 Å². The van der Waals surface area contributed by atoms with Crippen LogP contribution in [0.5, 0.6) is 0 Å². The third kappa shape index (κ3) is 12.3. The molecule has 1 N–H and O–H groups in total. The monoisotopic (exact) mass is 433 g/mol. The molecule has 0 bridgehead atoms. The van der Waals surface area contributed by atoms with E-state index in [0.29, 0.717) is 26.2 Å². The average molecular weight is 434 g/mol. The number of rotatable bonds is 11. The minimum Gasteiger partial charge on any atom is -0.414 e. The maximum Gasteiger partial charge on any atom is 0.389 e. The van der Waals surface area contributed by atoms with Crippen molar-refractivity contribution in [2.24, 2.45) is 0 Å². The summed E-state index contributed by atoms with van der Waals surface area (Å²) in [5, 5.41) is 0.122. The zero-order valence-electron chi connectivity index (χ0n) is 18.1. The van der Waals surface area contributed by atoms with E-state index in [2.05, 4.69) is 38.6 Å². The van der Waals surface area contributed by atoms with Crippen LogP contribution >= 0.6 is 0 Å². The first-order valence-corrected chi connectivity index (χ1v) is 13.5. The lowest BCUT2D eigenvalue weighted by molar-refractivity contribution is -0.136. The lowest BCUT2D eigenvalue weighted by Gasteiger charge is -2.36. The molecule has 0 saturated heterocycles. The summed E-state index contributed by atoms with van der Waals surface area (Å²) in [5.41, 5.74) is 0. The molecule has 0 aromatic carbocycles. The average Bonchev–Trinajstić information content (AvgIpc) is 2.44. The smallest absolute Gasteiger partial charge is 0.389 e. The van der Waals surface area contributed by atoms with Gasteiger partial charge in [0.2, 0.25) is 0 Å². The predicted molar refractivity (Wildman–Crippen MR) is 109 cm³/mol. The molecule has 0 aromatic rings. The van der Waals surface area contributed by atoms with Crippen LogP contribution < -0.4 is 4.72 Å². The van der Waals surface area contributed by atoms with Crippen LogP contribution in [-0.2, 0) is 20.1 Å². The van der Waals surface area contributed by atoms with E-state index in [4.69, 9.17) is 9.16 Å². The van der Waals surface area contributed by atoms with Gasteiger partial charge in [0, 0.05) is 19.1 Å². The summed E-state index contributed by atoms with van der Waals surface area (Å²) in [7, 11) is -3.24. The molecule has 0 rings (SSSR count). The third-order valence-corrected chi connectivity index (χ3v) is 10.9. The molecule has 0 aliphatic heterocycles. The third-order valence-electron chi connectivity index (χ3n) is 4.71. The van der Waals surface area contributed by atoms with Gasteiger partial charge in [0.15, 0.2) is 8.32 Å². The van der Waals surface area contributed by atoms with Gasteiger partial charge >= 0.3 is 6.18 Å². The molecule has 0 aliphatic carbocycles. The molecule has 0 aliphatic rings. The molecule has 0 heterocycles. The standard InChI is InChI=1S/C18H38F3NO3SSi/c1-16(2,3)26(23)22-15(9-11-18(19,20)21)10-12-24-13-14-25-27(7,8)17(4,5)6/h15,22H,9-14H2,1-8H3/t15-,26+/m0/s1. The normalized spacial score (nSPS) is 16.4. The van der Waals surface area contributed by atoms with E-state index in [0.717, 1.165) is 0 Å². The molecule has 164 valence electrons. The fourth-order valence-electron chi connectivity index (χ4n) is 1.83. The first kappa shape index (κ1) is 27.0. The Hall–Kier alpha value is 0.0369. The molecule has 0 fully saturated rings. The van der Waals surface area contributed by atoms with Gasteiger partial charge in [0.25, 0.3) is 0 Å². The van der Waals surface area contributed by atoms with Crippen LogP contribution in [0.1, 0.15) is 60.8 Å². The first-order chi connectivity index (χ1) is 12.0. The van der Waals surface area contributed by atoms with E-state index < -0.39 is 42.7 Å². The van der Waals surface area contributed by atoms with Crippen LogP contribution in [-0.4, -0.2) is 49.3 Å². The van der Waals surface area contributed by atoms with Gasteiger partial charge in [-0.15, -0.1) is 0 Å². The molecule has 0 aromatic heterocycles. The number of hydrogen-bond acceptors (Lipinski definition) is 3. The molecule has 2 atom stereocenters. The van der Waals surface area contributed by atoms with Crippen molar-refractivity contribution in [2.75, 3.05) is 19.8 Å². The summed E-state index contributed by atoms with van der Waals surface area (Å²) >= 11 is 0. The number of hydrogen-bond donors (Lipinski definition) is 1. The highest BCUT2D eigenvalue weighted by atomic mass is 32.2. The quantitative estimate of drug-likeness (QED) is 0.361. The van der Waals surface area contributed by atoms with Crippen LogP contribution in [0, 0.1) is 0 Å². The molecular formula is C18H38F3NO3SSi. The Kier molecular flexibility index (Phi) is 10.7. The van der Waals surface area contributed by atoms with Gasteiger partial charge in [-0.3, -0.25) is 0 Å². The fraction of sp³-hybridized carbons (Fsp3) is 1.00. The van der Waals surface area contributed by atoms with Crippen molar-refractivity contribution >= 4 is 19.3 Å². The molecule has 0 spiro atoms. The van der Waals surface area contributed by atoms with Crippen molar-refractivity contribution in [1.29, 1.82) is 0 Å². The van der Waals surface area contributed by atoms with Crippen LogP contribution in [0.4, 0.5) is 13.2 Å². The van der Waals surface area contributed by atoms with E-state index in [1.54, 1.807) is 20.8 Å². The van der Waals surface area contributed by atoms with Gasteiger partial charge in [-0.05, 0) is 51.7 Å². The van der Waals surface area contributed by atoms with Crippen molar-refractivity contribution < 1.29 is 26.5 Å². The molecule has 4 nitrogen and oxygen atoms in total. The summed E-state index contributed by atoms with van der Waals surface area (Å²) < 4.78 is 63.7. The van der Waals surface area contributed by atoms with Crippen molar-refractivity contribution in [2.45, 2.75) is 95.9 Å². The van der Waals surface area contributed by atoms with Gasteiger partial charge in [-0.25, -0.2) is 8.93 Å². The Morgan fingerprint density at radius 2 is 1.52 bits per heavy atom. The summed E-state index contributed by atoms with van der Waals surface area (Å²) in [6.45, 7) is 17.3. The number of alkyl halides is 3. The Morgan fingerprint density at radius 3 is 1.96 bits per heavy atom. The lowest BCUT2D eigenvalue weighted by Crippen LogP contribution is -2.42. The molecule has 0 radical (unpaired) electrons.